The smallest absolute Gasteiger partial charge is 0.317 e. The highest BCUT2D eigenvalue weighted by molar-refractivity contribution is 6.05. The minimum absolute atomic E-state index is 0.0532. The normalized spacial score (nSPS) is 14.2. The molecule has 1 aliphatic carbocycles. The number of carbonyl (C=O) groups excluding carboxylic acids is 2. The first-order chi connectivity index (χ1) is 15.2. The minimum Gasteiger partial charge on any atom is -0.397 e. The maximum absolute atomic E-state index is 12.9. The molecule has 0 bridgehead atoms. The molecule has 7 heteroatoms. The maximum atomic E-state index is 12.9. The molecule has 0 unspecified atom stereocenters. The van der Waals surface area contributed by atoms with Crippen molar-refractivity contribution in [3.8, 4) is 0 Å². The number of para-hydroxylation sites is 2. The number of amides is 3. The fraction of sp³-hybridized carbons (Fsp3) is 0.440. The highest BCUT2D eigenvalue weighted by Gasteiger charge is 2.23. The summed E-state index contributed by atoms with van der Waals surface area (Å²) in [5.41, 5.74) is 14.3. The second-order valence-electron chi connectivity index (χ2n) is 9.33. The standard InChI is InChI=1S/C25H35N5O2/c1-25(2,27)15-16-30(24(32)28-20-7-3-4-8-20)17-18-11-13-19(14-12-18)23(31)29-22-10-6-5-9-21(22)26/h5-6,9-14,20H,3-4,7-8,15-17,26-27H2,1-2H3,(H,28,32)(H,29,31). The van der Waals surface area contributed by atoms with Gasteiger partial charge in [0.25, 0.3) is 5.91 Å². The van der Waals surface area contributed by atoms with Gasteiger partial charge in [0, 0.05) is 30.2 Å². The van der Waals surface area contributed by atoms with Crippen molar-refractivity contribution in [1.29, 1.82) is 0 Å². The molecule has 0 saturated heterocycles. The number of rotatable bonds is 8. The van der Waals surface area contributed by atoms with Crippen LogP contribution < -0.4 is 22.1 Å². The fourth-order valence-corrected chi connectivity index (χ4v) is 3.80. The Hall–Kier alpha value is -3.06. The molecule has 172 valence electrons. The first-order valence-corrected chi connectivity index (χ1v) is 11.3. The Morgan fingerprint density at radius 1 is 1.06 bits per heavy atom. The van der Waals surface area contributed by atoms with E-state index in [0.717, 1.165) is 18.4 Å². The van der Waals surface area contributed by atoms with Gasteiger partial charge in [-0.05, 0) is 62.9 Å². The number of carbonyl (C=O) groups is 2. The highest BCUT2D eigenvalue weighted by Crippen LogP contribution is 2.20. The predicted molar refractivity (Wildman–Crippen MR) is 129 cm³/mol. The lowest BCUT2D eigenvalue weighted by Gasteiger charge is -2.28. The second kappa shape index (κ2) is 10.5. The molecule has 0 spiro atoms. The number of urea groups is 1. The van der Waals surface area contributed by atoms with Crippen LogP contribution in [0.2, 0.25) is 0 Å². The van der Waals surface area contributed by atoms with Crippen LogP contribution in [-0.4, -0.2) is 35.0 Å². The van der Waals surface area contributed by atoms with Crippen molar-refractivity contribution < 1.29 is 9.59 Å². The summed E-state index contributed by atoms with van der Waals surface area (Å²) in [4.78, 5) is 27.3. The van der Waals surface area contributed by atoms with Gasteiger partial charge in [-0.2, -0.15) is 0 Å². The molecular weight excluding hydrogens is 402 g/mol. The zero-order chi connectivity index (χ0) is 23.1. The van der Waals surface area contributed by atoms with Crippen LogP contribution in [0, 0.1) is 0 Å². The number of hydrogen-bond acceptors (Lipinski definition) is 4. The van der Waals surface area contributed by atoms with Crippen LogP contribution in [0.4, 0.5) is 16.2 Å². The van der Waals surface area contributed by atoms with E-state index in [1.165, 1.54) is 12.8 Å². The molecule has 1 saturated carbocycles. The number of nitrogens with two attached hydrogens (primary N) is 2. The maximum Gasteiger partial charge on any atom is 0.317 e. The first kappa shape index (κ1) is 23.6. The van der Waals surface area contributed by atoms with Crippen molar-refractivity contribution in [2.75, 3.05) is 17.6 Å². The van der Waals surface area contributed by atoms with Gasteiger partial charge in [0.1, 0.15) is 0 Å². The average molecular weight is 438 g/mol. The van der Waals surface area contributed by atoms with E-state index >= 15 is 0 Å². The summed E-state index contributed by atoms with van der Waals surface area (Å²) < 4.78 is 0. The summed E-state index contributed by atoms with van der Waals surface area (Å²) in [7, 11) is 0. The van der Waals surface area contributed by atoms with Crippen LogP contribution in [0.1, 0.15) is 61.9 Å². The van der Waals surface area contributed by atoms with Crippen LogP contribution in [0.15, 0.2) is 48.5 Å². The molecule has 32 heavy (non-hydrogen) atoms. The topological polar surface area (TPSA) is 113 Å². The molecule has 0 heterocycles. The fourth-order valence-electron chi connectivity index (χ4n) is 3.80. The molecule has 6 N–H and O–H groups in total. The molecule has 1 aliphatic rings. The third-order valence-electron chi connectivity index (χ3n) is 5.79. The summed E-state index contributed by atoms with van der Waals surface area (Å²) in [6, 6.07) is 14.7. The molecule has 3 amide bonds. The molecule has 7 nitrogen and oxygen atoms in total. The van der Waals surface area contributed by atoms with Crippen LogP contribution >= 0.6 is 0 Å². The molecular formula is C25H35N5O2. The van der Waals surface area contributed by atoms with E-state index < -0.39 is 0 Å². The molecule has 0 atom stereocenters. The van der Waals surface area contributed by atoms with Crippen molar-refractivity contribution in [2.24, 2.45) is 5.73 Å². The number of nitrogens with one attached hydrogen (secondary N) is 2. The summed E-state index contributed by atoms with van der Waals surface area (Å²) >= 11 is 0. The molecule has 2 aromatic rings. The second-order valence-corrected chi connectivity index (χ2v) is 9.33. The summed E-state index contributed by atoms with van der Waals surface area (Å²) in [6.45, 7) is 4.96. The predicted octanol–water partition coefficient (Wildman–Crippen LogP) is 4.10. The number of hydrogen-bond donors (Lipinski definition) is 4. The largest absolute Gasteiger partial charge is 0.397 e. The van der Waals surface area contributed by atoms with Crippen molar-refractivity contribution in [2.45, 2.75) is 64.1 Å². The zero-order valence-electron chi connectivity index (χ0n) is 19.1. The monoisotopic (exact) mass is 437 g/mol. The van der Waals surface area contributed by atoms with E-state index in [4.69, 9.17) is 11.5 Å². The SMILES string of the molecule is CC(C)(N)CCN(Cc1ccc(C(=O)Nc2ccccc2N)cc1)C(=O)NC1CCCC1. The van der Waals surface area contributed by atoms with E-state index in [9.17, 15) is 9.59 Å². The Morgan fingerprint density at radius 3 is 2.34 bits per heavy atom. The van der Waals surface area contributed by atoms with Crippen LogP contribution in [0.25, 0.3) is 0 Å². The summed E-state index contributed by atoms with van der Waals surface area (Å²) in [5.74, 6) is -0.227. The summed E-state index contributed by atoms with van der Waals surface area (Å²) in [5, 5.41) is 6.00. The quantitative estimate of drug-likeness (QED) is 0.466. The van der Waals surface area contributed by atoms with Gasteiger partial charge >= 0.3 is 6.03 Å². The highest BCUT2D eigenvalue weighted by atomic mass is 16.2. The molecule has 0 aromatic heterocycles. The van der Waals surface area contributed by atoms with E-state index in [2.05, 4.69) is 10.6 Å². The molecule has 0 aliphatic heterocycles. The Balaban J connectivity index is 1.65. The van der Waals surface area contributed by atoms with Gasteiger partial charge in [0.2, 0.25) is 0 Å². The molecule has 0 radical (unpaired) electrons. The van der Waals surface area contributed by atoms with Gasteiger partial charge in [-0.15, -0.1) is 0 Å². The van der Waals surface area contributed by atoms with Crippen molar-refractivity contribution in [3.63, 3.8) is 0 Å². The molecule has 2 aromatic carbocycles. The van der Waals surface area contributed by atoms with E-state index in [1.54, 1.807) is 24.3 Å². The Bertz CT molecular complexity index is 915. The van der Waals surface area contributed by atoms with Gasteiger partial charge in [-0.3, -0.25) is 4.79 Å². The Morgan fingerprint density at radius 2 is 1.72 bits per heavy atom. The van der Waals surface area contributed by atoms with E-state index in [-0.39, 0.29) is 23.5 Å². The number of anilines is 2. The van der Waals surface area contributed by atoms with Crippen molar-refractivity contribution in [1.82, 2.24) is 10.2 Å². The Kier molecular flexibility index (Phi) is 7.75. The molecule has 3 rings (SSSR count). The van der Waals surface area contributed by atoms with Crippen molar-refractivity contribution >= 4 is 23.3 Å². The first-order valence-electron chi connectivity index (χ1n) is 11.3. The third kappa shape index (κ3) is 6.99. The van der Waals surface area contributed by atoms with Crippen LogP contribution in [0.5, 0.6) is 0 Å². The van der Waals surface area contributed by atoms with Gasteiger partial charge < -0.3 is 27.0 Å². The van der Waals surface area contributed by atoms with Gasteiger partial charge in [-0.25, -0.2) is 4.79 Å². The lowest BCUT2D eigenvalue weighted by Crippen LogP contribution is -2.46. The van der Waals surface area contributed by atoms with Crippen LogP contribution in [0.3, 0.4) is 0 Å². The van der Waals surface area contributed by atoms with Crippen LogP contribution in [-0.2, 0) is 6.54 Å². The third-order valence-corrected chi connectivity index (χ3v) is 5.79. The average Bonchev–Trinajstić information content (AvgIpc) is 3.25. The van der Waals surface area contributed by atoms with Gasteiger partial charge in [-0.1, -0.05) is 37.1 Å². The Labute approximate surface area is 190 Å². The van der Waals surface area contributed by atoms with Gasteiger partial charge in [0.15, 0.2) is 0 Å². The minimum atomic E-state index is -0.354. The number of benzene rings is 2. The number of nitrogens with zero attached hydrogens (tertiary/aromatic N) is 1. The van der Waals surface area contributed by atoms with Gasteiger partial charge in [0.05, 0.1) is 11.4 Å². The van der Waals surface area contributed by atoms with Crippen molar-refractivity contribution in [3.05, 3.63) is 59.7 Å². The van der Waals surface area contributed by atoms with E-state index in [0.29, 0.717) is 36.4 Å². The zero-order valence-corrected chi connectivity index (χ0v) is 19.1. The lowest BCUT2D eigenvalue weighted by molar-refractivity contribution is 0.102. The molecule has 1 fully saturated rings. The number of nitrogen functional groups attached to an aromatic ring is 1. The lowest BCUT2D eigenvalue weighted by atomic mass is 10.0. The summed E-state index contributed by atoms with van der Waals surface area (Å²) in [6.07, 6.45) is 5.11. The van der Waals surface area contributed by atoms with E-state index in [1.807, 2.05) is 43.0 Å².